The first kappa shape index (κ1) is 10.8. The molecule has 0 radical (unpaired) electrons. The highest BCUT2D eigenvalue weighted by molar-refractivity contribution is 5.93. The molecule has 88 valence electrons. The molecule has 2 aromatic heterocycles. The predicted octanol–water partition coefficient (Wildman–Crippen LogP) is 2.43. The van der Waals surface area contributed by atoms with Crippen molar-refractivity contribution in [2.24, 2.45) is 7.05 Å². The first-order chi connectivity index (χ1) is 8.77. The Bertz CT molecular complexity index is 720. The van der Waals surface area contributed by atoms with Crippen molar-refractivity contribution in [1.82, 2.24) is 9.97 Å². The van der Waals surface area contributed by atoms with Gasteiger partial charge in [-0.1, -0.05) is 18.2 Å². The first-order valence-electron chi connectivity index (χ1n) is 5.92. The van der Waals surface area contributed by atoms with Crippen molar-refractivity contribution in [2.75, 3.05) is 0 Å². The van der Waals surface area contributed by atoms with E-state index in [0.717, 1.165) is 17.0 Å². The Kier molecular flexibility index (Phi) is 2.52. The Hall–Kier alpha value is -2.29. The molecule has 0 atom stereocenters. The summed E-state index contributed by atoms with van der Waals surface area (Å²) in [7, 11) is 2.05. The molecule has 0 aliphatic carbocycles. The third kappa shape index (κ3) is 1.64. The zero-order valence-electron chi connectivity index (χ0n) is 10.5. The maximum atomic E-state index is 4.28. The lowest BCUT2D eigenvalue weighted by Crippen LogP contribution is -2.30. The van der Waals surface area contributed by atoms with Crippen LogP contribution in [0.2, 0.25) is 0 Å². The predicted molar refractivity (Wildman–Crippen MR) is 70.9 cm³/mol. The van der Waals surface area contributed by atoms with Crippen LogP contribution in [-0.2, 0) is 7.05 Å². The van der Waals surface area contributed by atoms with E-state index in [4.69, 9.17) is 0 Å². The van der Waals surface area contributed by atoms with Crippen molar-refractivity contribution in [3.63, 3.8) is 0 Å². The van der Waals surface area contributed by atoms with E-state index in [9.17, 15) is 0 Å². The highest BCUT2D eigenvalue weighted by atomic mass is 14.9. The van der Waals surface area contributed by atoms with Gasteiger partial charge >= 0.3 is 0 Å². The molecule has 18 heavy (non-hydrogen) atoms. The molecule has 0 fully saturated rings. The minimum Gasteiger partial charge on any atom is -0.244 e. The lowest BCUT2D eigenvalue weighted by Gasteiger charge is -2.06. The maximum Gasteiger partial charge on any atom is 0.223 e. The minimum absolute atomic E-state index is 0.997. The SMILES string of the molecule is Cc1ncncc1-c1c2ccccc2cc[n+]1C. The van der Waals surface area contributed by atoms with Gasteiger partial charge in [-0.05, 0) is 18.4 Å². The average molecular weight is 236 g/mol. The van der Waals surface area contributed by atoms with Crippen molar-refractivity contribution in [3.8, 4) is 11.3 Å². The number of hydrogen-bond donors (Lipinski definition) is 0. The molecule has 0 aliphatic rings. The fourth-order valence-electron chi connectivity index (χ4n) is 2.27. The van der Waals surface area contributed by atoms with Crippen LogP contribution in [0.25, 0.3) is 22.0 Å². The Labute approximate surface area is 106 Å². The van der Waals surface area contributed by atoms with Gasteiger partial charge in [-0.2, -0.15) is 0 Å². The van der Waals surface area contributed by atoms with E-state index in [1.54, 1.807) is 6.33 Å². The standard InChI is InChI=1S/C15H14N3/c1-11-14(9-16-10-17-11)15-13-6-4-3-5-12(13)7-8-18(15)2/h3-10H,1-2H3/q+1. The van der Waals surface area contributed by atoms with Crippen molar-refractivity contribution in [3.05, 3.63) is 54.7 Å². The number of benzene rings is 1. The zero-order chi connectivity index (χ0) is 12.5. The molecular weight excluding hydrogens is 222 g/mol. The average Bonchev–Trinajstić information content (AvgIpc) is 2.40. The summed E-state index contributed by atoms with van der Waals surface area (Å²) in [5.41, 5.74) is 3.24. The third-order valence-electron chi connectivity index (χ3n) is 3.21. The fourth-order valence-corrected chi connectivity index (χ4v) is 2.27. The van der Waals surface area contributed by atoms with E-state index < -0.39 is 0 Å². The van der Waals surface area contributed by atoms with Gasteiger partial charge < -0.3 is 0 Å². The Morgan fingerprint density at radius 3 is 2.78 bits per heavy atom. The smallest absolute Gasteiger partial charge is 0.223 e. The number of pyridine rings is 1. The molecule has 0 saturated carbocycles. The molecular formula is C15H14N3+. The second-order valence-electron chi connectivity index (χ2n) is 4.38. The van der Waals surface area contributed by atoms with Gasteiger partial charge in [-0.15, -0.1) is 0 Å². The normalized spacial score (nSPS) is 10.8. The van der Waals surface area contributed by atoms with Crippen LogP contribution >= 0.6 is 0 Å². The van der Waals surface area contributed by atoms with Gasteiger partial charge in [-0.25, -0.2) is 14.5 Å². The molecule has 0 unspecified atom stereocenters. The largest absolute Gasteiger partial charge is 0.244 e. The summed E-state index contributed by atoms with van der Waals surface area (Å²) < 4.78 is 2.12. The van der Waals surface area contributed by atoms with Crippen molar-refractivity contribution >= 4 is 10.8 Å². The monoisotopic (exact) mass is 236 g/mol. The van der Waals surface area contributed by atoms with E-state index in [-0.39, 0.29) is 0 Å². The Balaban J connectivity index is 2.42. The molecule has 0 N–H and O–H groups in total. The number of aryl methyl sites for hydroxylation is 2. The van der Waals surface area contributed by atoms with Crippen LogP contribution in [0.15, 0.2) is 49.1 Å². The van der Waals surface area contributed by atoms with Crippen LogP contribution in [0.4, 0.5) is 0 Å². The lowest BCUT2D eigenvalue weighted by molar-refractivity contribution is -0.659. The van der Waals surface area contributed by atoms with E-state index in [2.05, 4.69) is 51.1 Å². The first-order valence-corrected chi connectivity index (χ1v) is 5.92. The Morgan fingerprint density at radius 2 is 1.94 bits per heavy atom. The van der Waals surface area contributed by atoms with Gasteiger partial charge in [0.05, 0.1) is 16.6 Å². The van der Waals surface area contributed by atoms with Crippen LogP contribution in [0.1, 0.15) is 5.69 Å². The van der Waals surface area contributed by atoms with Gasteiger partial charge in [0.2, 0.25) is 5.69 Å². The van der Waals surface area contributed by atoms with Crippen molar-refractivity contribution in [1.29, 1.82) is 0 Å². The molecule has 3 nitrogen and oxygen atoms in total. The second kappa shape index (κ2) is 4.18. The summed E-state index contributed by atoms with van der Waals surface area (Å²) in [6.45, 7) is 2.01. The number of aromatic nitrogens is 3. The molecule has 1 aromatic carbocycles. The van der Waals surface area contributed by atoms with Crippen LogP contribution in [-0.4, -0.2) is 9.97 Å². The van der Waals surface area contributed by atoms with Crippen LogP contribution in [0.5, 0.6) is 0 Å². The molecule has 0 saturated heterocycles. The second-order valence-corrected chi connectivity index (χ2v) is 4.38. The molecule has 3 heteroatoms. The molecule has 0 bridgehead atoms. The van der Waals surface area contributed by atoms with Gasteiger partial charge in [0.15, 0.2) is 6.20 Å². The molecule has 0 aliphatic heterocycles. The number of rotatable bonds is 1. The molecule has 0 spiro atoms. The van der Waals surface area contributed by atoms with Gasteiger partial charge in [0, 0.05) is 12.3 Å². The number of hydrogen-bond acceptors (Lipinski definition) is 2. The van der Waals surface area contributed by atoms with Crippen LogP contribution in [0.3, 0.4) is 0 Å². The molecule has 3 rings (SSSR count). The minimum atomic E-state index is 0.997. The van der Waals surface area contributed by atoms with Crippen LogP contribution in [0, 0.1) is 6.92 Å². The van der Waals surface area contributed by atoms with E-state index in [0.29, 0.717) is 0 Å². The zero-order valence-corrected chi connectivity index (χ0v) is 10.5. The van der Waals surface area contributed by atoms with E-state index >= 15 is 0 Å². The molecule has 2 heterocycles. The van der Waals surface area contributed by atoms with Crippen molar-refractivity contribution < 1.29 is 4.57 Å². The Morgan fingerprint density at radius 1 is 1.11 bits per heavy atom. The summed E-state index contributed by atoms with van der Waals surface area (Å²) in [5.74, 6) is 0. The van der Waals surface area contributed by atoms with Gasteiger partial charge in [-0.3, -0.25) is 0 Å². The summed E-state index contributed by atoms with van der Waals surface area (Å²) in [4.78, 5) is 8.42. The highest BCUT2D eigenvalue weighted by Gasteiger charge is 2.17. The van der Waals surface area contributed by atoms with Crippen molar-refractivity contribution in [2.45, 2.75) is 6.92 Å². The highest BCUT2D eigenvalue weighted by Crippen LogP contribution is 2.25. The fraction of sp³-hybridized carbons (Fsp3) is 0.133. The van der Waals surface area contributed by atoms with Gasteiger partial charge in [0.1, 0.15) is 13.4 Å². The topological polar surface area (TPSA) is 29.7 Å². The third-order valence-corrected chi connectivity index (χ3v) is 3.21. The van der Waals surface area contributed by atoms with E-state index in [1.165, 1.54) is 10.8 Å². The number of fused-ring (bicyclic) bond motifs is 1. The van der Waals surface area contributed by atoms with Gasteiger partial charge in [0.25, 0.3) is 0 Å². The lowest BCUT2D eigenvalue weighted by atomic mass is 10.0. The van der Waals surface area contributed by atoms with Crippen LogP contribution < -0.4 is 4.57 Å². The summed E-state index contributed by atoms with van der Waals surface area (Å²) in [6, 6.07) is 10.5. The quantitative estimate of drug-likeness (QED) is 0.607. The van der Waals surface area contributed by atoms with E-state index in [1.807, 2.05) is 20.2 Å². The summed E-state index contributed by atoms with van der Waals surface area (Å²) >= 11 is 0. The number of nitrogens with zero attached hydrogens (tertiary/aromatic N) is 3. The summed E-state index contributed by atoms with van der Waals surface area (Å²) in [6.07, 6.45) is 5.54. The molecule has 3 aromatic rings. The molecule has 0 amide bonds. The maximum absolute atomic E-state index is 4.28. The summed E-state index contributed by atoms with van der Waals surface area (Å²) in [5, 5.41) is 2.45.